The molecule has 1 aromatic rings. The average Bonchev–Trinajstić information content (AvgIpc) is 2.10. The van der Waals surface area contributed by atoms with Gasteiger partial charge in [0.25, 0.3) is 0 Å². The fourth-order valence-electron chi connectivity index (χ4n) is 2.31. The van der Waals surface area contributed by atoms with Crippen molar-refractivity contribution in [1.82, 2.24) is 0 Å². The minimum Gasteiger partial charge on any atom is -0.481 e. The first-order chi connectivity index (χ1) is 7.70. The maximum absolute atomic E-state index is 11.0. The summed E-state index contributed by atoms with van der Waals surface area (Å²) in [7, 11) is 0. The topological polar surface area (TPSA) is 37.3 Å². The van der Waals surface area contributed by atoms with E-state index in [0.29, 0.717) is 0 Å². The monoisotopic (exact) mass is 234 g/mol. The first kappa shape index (κ1) is 13.8. The molecule has 0 saturated heterocycles. The van der Waals surface area contributed by atoms with Gasteiger partial charge in [-0.1, -0.05) is 50.1 Å². The molecule has 2 heteroatoms. The number of carbonyl (C=O) groups is 1. The first-order valence-electron chi connectivity index (χ1n) is 6.00. The second kappa shape index (κ2) is 4.91. The van der Waals surface area contributed by atoms with Crippen LogP contribution >= 0.6 is 0 Å². The van der Waals surface area contributed by atoms with E-state index in [1.54, 1.807) is 0 Å². The molecule has 0 fully saturated rings. The van der Waals surface area contributed by atoms with Gasteiger partial charge in [0.05, 0.1) is 6.42 Å². The lowest BCUT2D eigenvalue weighted by atomic mass is 9.74. The van der Waals surface area contributed by atoms with Crippen molar-refractivity contribution in [2.75, 3.05) is 0 Å². The third-order valence-electron chi connectivity index (χ3n) is 3.07. The molecule has 17 heavy (non-hydrogen) atoms. The Kier molecular flexibility index (Phi) is 3.97. The molecule has 0 spiro atoms. The van der Waals surface area contributed by atoms with E-state index in [1.807, 2.05) is 0 Å². The quantitative estimate of drug-likeness (QED) is 0.861. The highest BCUT2D eigenvalue weighted by Gasteiger charge is 2.28. The number of benzene rings is 1. The van der Waals surface area contributed by atoms with Crippen LogP contribution in [-0.4, -0.2) is 11.1 Å². The largest absolute Gasteiger partial charge is 0.481 e. The van der Waals surface area contributed by atoms with Crippen LogP contribution in [0.5, 0.6) is 0 Å². The molecule has 2 nitrogen and oxygen atoms in total. The summed E-state index contributed by atoms with van der Waals surface area (Å²) in [6.07, 6.45) is 0.187. The highest BCUT2D eigenvalue weighted by molar-refractivity contribution is 5.68. The summed E-state index contributed by atoms with van der Waals surface area (Å²) in [5, 5.41) is 9.05. The van der Waals surface area contributed by atoms with E-state index in [2.05, 4.69) is 52.8 Å². The third kappa shape index (κ3) is 3.88. The molecule has 1 atom stereocenters. The van der Waals surface area contributed by atoms with Crippen LogP contribution in [0.1, 0.15) is 49.8 Å². The fourth-order valence-corrected chi connectivity index (χ4v) is 2.31. The van der Waals surface area contributed by atoms with Crippen molar-refractivity contribution in [2.45, 2.75) is 47.0 Å². The fraction of sp³-hybridized carbons (Fsp3) is 0.533. The zero-order chi connectivity index (χ0) is 13.2. The summed E-state index contributed by atoms with van der Waals surface area (Å²) >= 11 is 0. The lowest BCUT2D eigenvalue weighted by molar-refractivity contribution is -0.138. The van der Waals surface area contributed by atoms with Crippen molar-refractivity contribution in [3.63, 3.8) is 0 Å². The lowest BCUT2D eigenvalue weighted by Gasteiger charge is -2.30. The van der Waals surface area contributed by atoms with Gasteiger partial charge in [-0.15, -0.1) is 0 Å². The Balaban J connectivity index is 3.17. The number of aryl methyl sites for hydroxylation is 2. The Morgan fingerprint density at radius 2 is 1.65 bits per heavy atom. The van der Waals surface area contributed by atoms with Crippen molar-refractivity contribution in [2.24, 2.45) is 5.41 Å². The minimum atomic E-state index is -0.732. The van der Waals surface area contributed by atoms with E-state index in [-0.39, 0.29) is 17.8 Å². The second-order valence-electron chi connectivity index (χ2n) is 5.94. The standard InChI is InChI=1S/C15H22O2/c1-10-6-11(2)8-12(7-10)13(9-14(16)17)15(3,4)5/h6-8,13H,9H2,1-5H3,(H,16,17). The van der Waals surface area contributed by atoms with Crippen LogP contribution in [0.3, 0.4) is 0 Å². The van der Waals surface area contributed by atoms with Crippen LogP contribution in [0.15, 0.2) is 18.2 Å². The van der Waals surface area contributed by atoms with Gasteiger partial charge in [-0.3, -0.25) is 4.79 Å². The van der Waals surface area contributed by atoms with Gasteiger partial charge in [-0.05, 0) is 30.7 Å². The Labute approximate surface area is 104 Å². The highest BCUT2D eigenvalue weighted by Crippen LogP contribution is 2.38. The van der Waals surface area contributed by atoms with E-state index >= 15 is 0 Å². The van der Waals surface area contributed by atoms with E-state index in [1.165, 1.54) is 11.1 Å². The third-order valence-corrected chi connectivity index (χ3v) is 3.07. The molecular formula is C15H22O2. The number of carboxylic acids is 1. The van der Waals surface area contributed by atoms with Gasteiger partial charge < -0.3 is 5.11 Å². The van der Waals surface area contributed by atoms with Crippen LogP contribution < -0.4 is 0 Å². The number of rotatable bonds is 3. The summed E-state index contributed by atoms with van der Waals surface area (Å²) in [5.41, 5.74) is 3.48. The molecule has 94 valence electrons. The molecule has 0 bridgehead atoms. The van der Waals surface area contributed by atoms with Gasteiger partial charge in [0, 0.05) is 0 Å². The summed E-state index contributed by atoms with van der Waals surface area (Å²) in [6.45, 7) is 10.4. The molecule has 0 amide bonds. The zero-order valence-corrected chi connectivity index (χ0v) is 11.4. The molecule has 0 heterocycles. The molecule has 0 radical (unpaired) electrons. The lowest BCUT2D eigenvalue weighted by Crippen LogP contribution is -2.21. The molecule has 1 rings (SSSR count). The van der Waals surface area contributed by atoms with E-state index in [4.69, 9.17) is 5.11 Å². The number of hydrogen-bond acceptors (Lipinski definition) is 1. The Bertz CT molecular complexity index is 393. The van der Waals surface area contributed by atoms with Crippen molar-refractivity contribution >= 4 is 5.97 Å². The van der Waals surface area contributed by atoms with Crippen molar-refractivity contribution in [3.05, 3.63) is 34.9 Å². The van der Waals surface area contributed by atoms with Gasteiger partial charge in [0.1, 0.15) is 0 Å². The molecule has 1 N–H and O–H groups in total. The number of hydrogen-bond donors (Lipinski definition) is 1. The van der Waals surface area contributed by atoms with Crippen molar-refractivity contribution < 1.29 is 9.90 Å². The van der Waals surface area contributed by atoms with Gasteiger partial charge in [-0.2, -0.15) is 0 Å². The molecular weight excluding hydrogens is 212 g/mol. The summed E-state index contributed by atoms with van der Waals surface area (Å²) < 4.78 is 0. The molecule has 1 aromatic carbocycles. The predicted molar refractivity (Wildman–Crippen MR) is 70.4 cm³/mol. The van der Waals surface area contributed by atoms with Gasteiger partial charge in [0.15, 0.2) is 0 Å². The Hall–Kier alpha value is -1.31. The maximum atomic E-state index is 11.0. The van der Waals surface area contributed by atoms with E-state index in [0.717, 1.165) is 5.56 Å². The predicted octanol–water partition coefficient (Wildman–Crippen LogP) is 3.91. The van der Waals surface area contributed by atoms with Gasteiger partial charge in [0.2, 0.25) is 0 Å². The van der Waals surface area contributed by atoms with E-state index < -0.39 is 5.97 Å². The summed E-state index contributed by atoms with van der Waals surface area (Å²) in [5.74, 6) is -0.678. The number of aliphatic carboxylic acids is 1. The second-order valence-corrected chi connectivity index (χ2v) is 5.94. The first-order valence-corrected chi connectivity index (χ1v) is 6.00. The van der Waals surface area contributed by atoms with Crippen LogP contribution in [0.25, 0.3) is 0 Å². The van der Waals surface area contributed by atoms with Crippen LogP contribution in [0.2, 0.25) is 0 Å². The van der Waals surface area contributed by atoms with Gasteiger partial charge in [-0.25, -0.2) is 0 Å². The van der Waals surface area contributed by atoms with Crippen LogP contribution in [0.4, 0.5) is 0 Å². The molecule has 0 aromatic heterocycles. The molecule has 0 aliphatic carbocycles. The Morgan fingerprint density at radius 1 is 1.18 bits per heavy atom. The molecule has 0 aliphatic rings. The smallest absolute Gasteiger partial charge is 0.303 e. The van der Waals surface area contributed by atoms with Crippen LogP contribution in [0, 0.1) is 19.3 Å². The highest BCUT2D eigenvalue weighted by atomic mass is 16.4. The Morgan fingerprint density at radius 3 is 2.00 bits per heavy atom. The van der Waals surface area contributed by atoms with Crippen LogP contribution in [-0.2, 0) is 4.79 Å². The minimum absolute atomic E-state index is 0.0430. The van der Waals surface area contributed by atoms with Gasteiger partial charge >= 0.3 is 5.97 Å². The maximum Gasteiger partial charge on any atom is 0.303 e. The number of carboxylic acid groups (broad SMARTS) is 1. The SMILES string of the molecule is Cc1cc(C)cc(C(CC(=O)O)C(C)(C)C)c1. The summed E-state index contributed by atoms with van der Waals surface area (Å²) in [4.78, 5) is 11.0. The molecule has 1 unspecified atom stereocenters. The molecule has 0 saturated carbocycles. The zero-order valence-electron chi connectivity index (χ0n) is 11.4. The normalized spacial score (nSPS) is 13.5. The molecule has 0 aliphatic heterocycles. The summed E-state index contributed by atoms with van der Waals surface area (Å²) in [6, 6.07) is 6.32. The van der Waals surface area contributed by atoms with Crippen molar-refractivity contribution in [1.29, 1.82) is 0 Å². The van der Waals surface area contributed by atoms with E-state index in [9.17, 15) is 4.79 Å². The van der Waals surface area contributed by atoms with Crippen molar-refractivity contribution in [3.8, 4) is 0 Å². The average molecular weight is 234 g/mol.